The van der Waals surface area contributed by atoms with E-state index in [0.29, 0.717) is 10.9 Å². The summed E-state index contributed by atoms with van der Waals surface area (Å²) >= 11 is 11.7. The highest BCUT2D eigenvalue weighted by Gasteiger charge is 2.05. The Bertz CT molecular complexity index is 448. The quantitative estimate of drug-likeness (QED) is 0.668. The fourth-order valence-corrected chi connectivity index (χ4v) is 1.73. The highest BCUT2D eigenvalue weighted by atomic mass is 35.5. The minimum atomic E-state index is 0.462. The van der Waals surface area contributed by atoms with Gasteiger partial charge in [-0.15, -0.1) is 11.6 Å². The van der Waals surface area contributed by atoms with E-state index in [2.05, 4.69) is 4.98 Å². The van der Waals surface area contributed by atoms with Gasteiger partial charge >= 0.3 is 0 Å². The number of pyridine rings is 1. The van der Waals surface area contributed by atoms with Crippen molar-refractivity contribution in [3.63, 3.8) is 0 Å². The van der Waals surface area contributed by atoms with Gasteiger partial charge in [-0.05, 0) is 19.1 Å². The molecule has 0 aliphatic heterocycles. The molecule has 68 valence electrons. The van der Waals surface area contributed by atoms with E-state index in [4.69, 9.17) is 23.2 Å². The van der Waals surface area contributed by atoms with Crippen LogP contribution >= 0.6 is 23.2 Å². The molecule has 13 heavy (non-hydrogen) atoms. The molecule has 0 saturated heterocycles. The Balaban J connectivity index is 2.83. The number of alkyl halides is 1. The van der Waals surface area contributed by atoms with Crippen LogP contribution in [-0.2, 0) is 5.88 Å². The van der Waals surface area contributed by atoms with Gasteiger partial charge < -0.3 is 4.40 Å². The number of aromatic nitrogens is 2. The zero-order valence-electron chi connectivity index (χ0n) is 7.09. The average Bonchev–Trinajstić information content (AvgIpc) is 2.48. The van der Waals surface area contributed by atoms with Gasteiger partial charge in [0.05, 0.1) is 16.6 Å². The largest absolute Gasteiger partial charge is 0.301 e. The standard InChI is InChI=1S/C9H8Cl2N2/c1-6-5-13-7(4-10)2-3-8(11)9(13)12-6/h2-3,5H,4H2,1H3. The highest BCUT2D eigenvalue weighted by molar-refractivity contribution is 6.33. The summed E-state index contributed by atoms with van der Waals surface area (Å²) in [4.78, 5) is 4.29. The van der Waals surface area contributed by atoms with Crippen molar-refractivity contribution in [3.05, 3.63) is 34.7 Å². The first kappa shape index (κ1) is 8.85. The molecule has 0 atom stereocenters. The lowest BCUT2D eigenvalue weighted by Crippen LogP contribution is -1.92. The number of imidazole rings is 1. The van der Waals surface area contributed by atoms with E-state index in [-0.39, 0.29) is 0 Å². The van der Waals surface area contributed by atoms with E-state index >= 15 is 0 Å². The summed E-state index contributed by atoms with van der Waals surface area (Å²) in [7, 11) is 0. The Morgan fingerprint density at radius 3 is 2.92 bits per heavy atom. The molecule has 2 nitrogen and oxygen atoms in total. The van der Waals surface area contributed by atoms with Crippen molar-refractivity contribution in [2.24, 2.45) is 0 Å². The van der Waals surface area contributed by atoms with Gasteiger partial charge in [0.1, 0.15) is 0 Å². The molecule has 0 saturated carbocycles. The molecule has 0 aliphatic rings. The first-order valence-electron chi connectivity index (χ1n) is 3.91. The number of halogens is 2. The summed E-state index contributed by atoms with van der Waals surface area (Å²) < 4.78 is 1.92. The molecule has 0 radical (unpaired) electrons. The number of hydrogen-bond acceptors (Lipinski definition) is 1. The molecule has 0 bridgehead atoms. The SMILES string of the molecule is Cc1cn2c(CCl)ccc(Cl)c2n1. The average molecular weight is 215 g/mol. The molecule has 0 aliphatic carbocycles. The normalized spacial score (nSPS) is 11.0. The van der Waals surface area contributed by atoms with Gasteiger partial charge in [-0.3, -0.25) is 0 Å². The van der Waals surface area contributed by atoms with Gasteiger partial charge in [0.2, 0.25) is 0 Å². The Hall–Kier alpha value is -0.730. The third-order valence-electron chi connectivity index (χ3n) is 1.91. The Labute approximate surface area is 86.1 Å². The minimum Gasteiger partial charge on any atom is -0.301 e. The second-order valence-electron chi connectivity index (χ2n) is 2.88. The van der Waals surface area contributed by atoms with Crippen LogP contribution in [0.1, 0.15) is 11.4 Å². The number of aryl methyl sites for hydroxylation is 1. The molecule has 2 aromatic heterocycles. The third-order valence-corrected chi connectivity index (χ3v) is 2.48. The molecule has 0 fully saturated rings. The maximum Gasteiger partial charge on any atom is 0.156 e. The lowest BCUT2D eigenvalue weighted by atomic mass is 10.4. The van der Waals surface area contributed by atoms with Crippen LogP contribution in [0.3, 0.4) is 0 Å². The zero-order chi connectivity index (χ0) is 9.42. The van der Waals surface area contributed by atoms with Crippen molar-refractivity contribution in [2.45, 2.75) is 12.8 Å². The van der Waals surface area contributed by atoms with Crippen LogP contribution in [0.15, 0.2) is 18.3 Å². The fraction of sp³-hybridized carbons (Fsp3) is 0.222. The number of fused-ring (bicyclic) bond motifs is 1. The summed E-state index contributed by atoms with van der Waals surface area (Å²) in [6.45, 7) is 1.93. The van der Waals surface area contributed by atoms with E-state index in [1.165, 1.54) is 0 Å². The van der Waals surface area contributed by atoms with Gasteiger partial charge in [0, 0.05) is 11.9 Å². The van der Waals surface area contributed by atoms with E-state index in [0.717, 1.165) is 17.0 Å². The van der Waals surface area contributed by atoms with E-state index in [1.54, 1.807) is 0 Å². The summed E-state index contributed by atoms with van der Waals surface area (Å²) in [5, 5.41) is 0.655. The molecule has 0 unspecified atom stereocenters. The molecule has 0 amide bonds. The van der Waals surface area contributed by atoms with Gasteiger partial charge in [0.15, 0.2) is 5.65 Å². The first-order chi connectivity index (χ1) is 6.22. The van der Waals surface area contributed by atoms with Gasteiger partial charge in [0.25, 0.3) is 0 Å². The second kappa shape index (κ2) is 3.20. The number of rotatable bonds is 1. The molecule has 0 N–H and O–H groups in total. The van der Waals surface area contributed by atoms with Crippen molar-refractivity contribution < 1.29 is 0 Å². The van der Waals surface area contributed by atoms with Crippen molar-refractivity contribution in [2.75, 3.05) is 0 Å². The first-order valence-corrected chi connectivity index (χ1v) is 4.82. The highest BCUT2D eigenvalue weighted by Crippen LogP contribution is 2.19. The predicted molar refractivity (Wildman–Crippen MR) is 54.5 cm³/mol. The molecular formula is C9H8Cl2N2. The third kappa shape index (κ3) is 1.40. The lowest BCUT2D eigenvalue weighted by molar-refractivity contribution is 1.07. The van der Waals surface area contributed by atoms with E-state index in [9.17, 15) is 0 Å². The van der Waals surface area contributed by atoms with Crippen LogP contribution < -0.4 is 0 Å². The fourth-order valence-electron chi connectivity index (χ4n) is 1.32. The van der Waals surface area contributed by atoms with Crippen LogP contribution in [-0.4, -0.2) is 9.38 Å². The number of nitrogens with zero attached hydrogens (tertiary/aromatic N) is 2. The van der Waals surface area contributed by atoms with Crippen LogP contribution in [0.2, 0.25) is 5.02 Å². The Morgan fingerprint density at radius 2 is 2.23 bits per heavy atom. The maximum atomic E-state index is 5.97. The summed E-state index contributed by atoms with van der Waals surface area (Å²) in [6.07, 6.45) is 1.93. The van der Waals surface area contributed by atoms with Crippen molar-refractivity contribution in [1.82, 2.24) is 9.38 Å². The molecule has 2 rings (SSSR count). The molecule has 0 spiro atoms. The van der Waals surface area contributed by atoms with Crippen molar-refractivity contribution in [1.29, 1.82) is 0 Å². The van der Waals surface area contributed by atoms with Gasteiger partial charge in [-0.25, -0.2) is 4.98 Å². The summed E-state index contributed by atoms with van der Waals surface area (Å²) in [6, 6.07) is 3.73. The molecule has 0 aromatic carbocycles. The minimum absolute atomic E-state index is 0.462. The molecule has 2 heterocycles. The topological polar surface area (TPSA) is 17.3 Å². The smallest absolute Gasteiger partial charge is 0.156 e. The van der Waals surface area contributed by atoms with Crippen LogP contribution in [0.25, 0.3) is 5.65 Å². The molecule has 2 aromatic rings. The maximum absolute atomic E-state index is 5.97. The number of hydrogen-bond donors (Lipinski definition) is 0. The predicted octanol–water partition coefficient (Wildman–Crippen LogP) is 3.03. The van der Waals surface area contributed by atoms with E-state index in [1.807, 2.05) is 29.7 Å². The zero-order valence-corrected chi connectivity index (χ0v) is 8.60. The molecule has 4 heteroatoms. The van der Waals surface area contributed by atoms with Crippen LogP contribution in [0.4, 0.5) is 0 Å². The van der Waals surface area contributed by atoms with Crippen LogP contribution in [0, 0.1) is 6.92 Å². The van der Waals surface area contributed by atoms with Gasteiger partial charge in [-0.1, -0.05) is 11.6 Å². The van der Waals surface area contributed by atoms with Gasteiger partial charge in [-0.2, -0.15) is 0 Å². The van der Waals surface area contributed by atoms with Crippen molar-refractivity contribution in [3.8, 4) is 0 Å². The Morgan fingerprint density at radius 1 is 1.46 bits per heavy atom. The molecular weight excluding hydrogens is 207 g/mol. The van der Waals surface area contributed by atoms with Crippen LogP contribution in [0.5, 0.6) is 0 Å². The Kier molecular flexibility index (Phi) is 2.18. The second-order valence-corrected chi connectivity index (χ2v) is 3.56. The lowest BCUT2D eigenvalue weighted by Gasteiger charge is -2.01. The van der Waals surface area contributed by atoms with Crippen molar-refractivity contribution >= 4 is 28.8 Å². The van der Waals surface area contributed by atoms with E-state index < -0.39 is 0 Å². The summed E-state index contributed by atoms with van der Waals surface area (Å²) in [5.41, 5.74) is 2.72. The summed E-state index contributed by atoms with van der Waals surface area (Å²) in [5.74, 6) is 0.462. The monoisotopic (exact) mass is 214 g/mol.